The molecule has 1 nitrogen and oxygen atoms in total. The first kappa shape index (κ1) is 10.8. The predicted octanol–water partition coefficient (Wildman–Crippen LogP) is 3.39. The van der Waals surface area contributed by atoms with Crippen molar-refractivity contribution < 1.29 is 5.11 Å². The van der Waals surface area contributed by atoms with Crippen LogP contribution in [0.1, 0.15) is 46.5 Å². The topological polar surface area (TPSA) is 20.2 Å². The standard InChI is InChI=1S/C15H24O/c1-9-5-6-13-14(3,4)11-7-15(9,13)8-12(16)10(11)2/h9,11-13,16H,2,5-8H2,1,3-4H3/t9-,11?,12?,13+,15?/m1/s1. The zero-order chi connectivity index (χ0) is 11.7. The van der Waals surface area contributed by atoms with Crippen molar-refractivity contribution in [1.29, 1.82) is 0 Å². The number of fused-ring (bicyclic) bond motifs is 1. The van der Waals surface area contributed by atoms with Gasteiger partial charge in [0, 0.05) is 0 Å². The third-order valence-corrected chi connectivity index (χ3v) is 6.39. The van der Waals surface area contributed by atoms with Gasteiger partial charge in [0.15, 0.2) is 0 Å². The molecule has 5 atom stereocenters. The Hall–Kier alpha value is -0.300. The fraction of sp³-hybridized carbons (Fsp3) is 0.867. The van der Waals surface area contributed by atoms with Gasteiger partial charge in [-0.3, -0.25) is 0 Å². The first-order valence-corrected chi connectivity index (χ1v) is 6.76. The van der Waals surface area contributed by atoms with Gasteiger partial charge in [0.1, 0.15) is 0 Å². The van der Waals surface area contributed by atoms with Crippen molar-refractivity contribution in [1.82, 2.24) is 0 Å². The lowest BCUT2D eigenvalue weighted by molar-refractivity contribution is 0.0530. The number of aliphatic hydroxyl groups excluding tert-OH is 1. The molecule has 0 aromatic heterocycles. The molecule has 3 fully saturated rings. The maximum atomic E-state index is 10.3. The lowest BCUT2D eigenvalue weighted by atomic mass is 9.66. The third kappa shape index (κ3) is 1.01. The number of rotatable bonds is 0. The van der Waals surface area contributed by atoms with Crippen molar-refractivity contribution in [2.75, 3.05) is 0 Å². The first-order chi connectivity index (χ1) is 7.39. The SMILES string of the molecule is C=C1C(O)CC23CC1C(C)(C)[C@@H]2CC[C@H]3C. The van der Waals surface area contributed by atoms with Crippen LogP contribution in [0.5, 0.6) is 0 Å². The van der Waals surface area contributed by atoms with Crippen LogP contribution in [-0.4, -0.2) is 11.2 Å². The highest BCUT2D eigenvalue weighted by Crippen LogP contribution is 2.72. The smallest absolute Gasteiger partial charge is 0.0755 e. The average molecular weight is 220 g/mol. The van der Waals surface area contributed by atoms with E-state index in [1.807, 2.05) is 0 Å². The molecule has 3 aliphatic rings. The minimum Gasteiger partial charge on any atom is -0.389 e. The second-order valence-electron chi connectivity index (χ2n) is 7.14. The largest absolute Gasteiger partial charge is 0.389 e. The summed E-state index contributed by atoms with van der Waals surface area (Å²) in [5.74, 6) is 2.17. The molecule has 0 aromatic carbocycles. The Morgan fingerprint density at radius 1 is 1.25 bits per heavy atom. The van der Waals surface area contributed by atoms with E-state index in [1.165, 1.54) is 19.3 Å². The highest BCUT2D eigenvalue weighted by Gasteiger charge is 2.65. The second kappa shape index (κ2) is 2.93. The van der Waals surface area contributed by atoms with Crippen LogP contribution in [0.4, 0.5) is 0 Å². The van der Waals surface area contributed by atoms with E-state index in [0.29, 0.717) is 16.7 Å². The van der Waals surface area contributed by atoms with Crippen molar-refractivity contribution in [3.05, 3.63) is 12.2 Å². The Morgan fingerprint density at radius 3 is 2.62 bits per heavy atom. The first-order valence-electron chi connectivity index (χ1n) is 6.76. The van der Waals surface area contributed by atoms with Gasteiger partial charge >= 0.3 is 0 Å². The van der Waals surface area contributed by atoms with Crippen LogP contribution in [-0.2, 0) is 0 Å². The monoisotopic (exact) mass is 220 g/mol. The van der Waals surface area contributed by atoms with Gasteiger partial charge in [0.25, 0.3) is 0 Å². The predicted molar refractivity (Wildman–Crippen MR) is 66.0 cm³/mol. The molecule has 3 saturated carbocycles. The fourth-order valence-corrected chi connectivity index (χ4v) is 5.44. The van der Waals surface area contributed by atoms with E-state index in [0.717, 1.165) is 23.8 Å². The summed E-state index contributed by atoms with van der Waals surface area (Å²) in [5, 5.41) is 10.3. The number of aliphatic hydroxyl groups is 1. The molecule has 0 aromatic rings. The van der Waals surface area contributed by atoms with Crippen molar-refractivity contribution in [2.24, 2.45) is 28.6 Å². The molecule has 0 radical (unpaired) electrons. The summed E-state index contributed by atoms with van der Waals surface area (Å²) in [4.78, 5) is 0. The molecule has 2 bridgehead atoms. The van der Waals surface area contributed by atoms with E-state index in [1.54, 1.807) is 0 Å². The Bertz CT molecular complexity index is 343. The lowest BCUT2D eigenvalue weighted by Crippen LogP contribution is -2.36. The van der Waals surface area contributed by atoms with E-state index in [9.17, 15) is 5.11 Å². The molecule has 0 amide bonds. The number of hydrogen-bond acceptors (Lipinski definition) is 1. The summed E-state index contributed by atoms with van der Waals surface area (Å²) in [6, 6.07) is 0. The van der Waals surface area contributed by atoms with Crippen LogP contribution in [0.25, 0.3) is 0 Å². The van der Waals surface area contributed by atoms with E-state index >= 15 is 0 Å². The normalized spacial score (nSPS) is 54.1. The van der Waals surface area contributed by atoms with Crippen LogP contribution in [0.3, 0.4) is 0 Å². The third-order valence-electron chi connectivity index (χ3n) is 6.39. The Kier molecular flexibility index (Phi) is 1.98. The van der Waals surface area contributed by atoms with Crippen LogP contribution in [0.2, 0.25) is 0 Å². The summed E-state index contributed by atoms with van der Waals surface area (Å²) in [6.45, 7) is 11.4. The molecular formula is C15H24O. The maximum absolute atomic E-state index is 10.3. The van der Waals surface area contributed by atoms with Gasteiger partial charge in [-0.15, -0.1) is 0 Å². The van der Waals surface area contributed by atoms with E-state index in [2.05, 4.69) is 27.4 Å². The van der Waals surface area contributed by atoms with Gasteiger partial charge in [-0.2, -0.15) is 0 Å². The van der Waals surface area contributed by atoms with Crippen LogP contribution in [0.15, 0.2) is 12.2 Å². The van der Waals surface area contributed by atoms with Crippen molar-refractivity contribution in [2.45, 2.75) is 52.6 Å². The Labute approximate surface area is 98.9 Å². The maximum Gasteiger partial charge on any atom is 0.0755 e. The molecule has 3 rings (SSSR count). The molecule has 1 N–H and O–H groups in total. The van der Waals surface area contributed by atoms with E-state index in [4.69, 9.17) is 0 Å². The molecule has 3 aliphatic carbocycles. The highest BCUT2D eigenvalue weighted by atomic mass is 16.3. The van der Waals surface area contributed by atoms with Gasteiger partial charge in [-0.1, -0.05) is 27.4 Å². The molecule has 90 valence electrons. The van der Waals surface area contributed by atoms with Crippen molar-refractivity contribution in [3.63, 3.8) is 0 Å². The van der Waals surface area contributed by atoms with Crippen LogP contribution >= 0.6 is 0 Å². The number of hydrogen-bond donors (Lipinski definition) is 1. The summed E-state index contributed by atoms with van der Waals surface area (Å²) in [6.07, 6.45) is 4.77. The summed E-state index contributed by atoms with van der Waals surface area (Å²) < 4.78 is 0. The van der Waals surface area contributed by atoms with E-state index < -0.39 is 0 Å². The van der Waals surface area contributed by atoms with E-state index in [-0.39, 0.29) is 6.10 Å². The summed E-state index contributed by atoms with van der Waals surface area (Å²) >= 11 is 0. The zero-order valence-corrected chi connectivity index (χ0v) is 10.8. The van der Waals surface area contributed by atoms with Gasteiger partial charge < -0.3 is 5.11 Å². The summed E-state index contributed by atoms with van der Waals surface area (Å²) in [5.41, 5.74) is 1.92. The van der Waals surface area contributed by atoms with Gasteiger partial charge in [-0.05, 0) is 59.8 Å². The molecule has 1 spiro atoms. The summed E-state index contributed by atoms with van der Waals surface area (Å²) in [7, 11) is 0. The van der Waals surface area contributed by atoms with Crippen LogP contribution < -0.4 is 0 Å². The molecule has 1 heteroatoms. The Morgan fingerprint density at radius 2 is 1.94 bits per heavy atom. The zero-order valence-electron chi connectivity index (χ0n) is 10.8. The Balaban J connectivity index is 2.10. The lowest BCUT2D eigenvalue weighted by Gasteiger charge is -2.40. The van der Waals surface area contributed by atoms with Crippen molar-refractivity contribution in [3.8, 4) is 0 Å². The van der Waals surface area contributed by atoms with Gasteiger partial charge in [-0.25, -0.2) is 0 Å². The second-order valence-corrected chi connectivity index (χ2v) is 7.14. The minimum absolute atomic E-state index is 0.233. The molecule has 0 saturated heterocycles. The van der Waals surface area contributed by atoms with Gasteiger partial charge in [0.2, 0.25) is 0 Å². The molecule has 16 heavy (non-hydrogen) atoms. The van der Waals surface area contributed by atoms with Crippen LogP contribution in [0, 0.1) is 28.6 Å². The minimum atomic E-state index is -0.233. The molecule has 3 unspecified atom stereocenters. The van der Waals surface area contributed by atoms with Gasteiger partial charge in [0.05, 0.1) is 6.10 Å². The molecule has 0 heterocycles. The fourth-order valence-electron chi connectivity index (χ4n) is 5.44. The quantitative estimate of drug-likeness (QED) is 0.620. The average Bonchev–Trinajstić information content (AvgIpc) is 2.59. The highest BCUT2D eigenvalue weighted by molar-refractivity contribution is 5.26. The van der Waals surface area contributed by atoms with Crippen molar-refractivity contribution >= 4 is 0 Å². The molecule has 0 aliphatic heterocycles. The molecular weight excluding hydrogens is 196 g/mol.